The molecular formula is C36H72N2. The summed E-state index contributed by atoms with van der Waals surface area (Å²) >= 11 is 0. The van der Waals surface area contributed by atoms with E-state index in [1.807, 2.05) is 0 Å². The third-order valence-electron chi connectivity index (χ3n) is 10.4. The molecule has 0 bridgehead atoms. The molecule has 2 rings (SSSR count). The lowest BCUT2D eigenvalue weighted by atomic mass is 9.66. The minimum Gasteiger partial charge on any atom is -0.311 e. The van der Waals surface area contributed by atoms with E-state index in [9.17, 15) is 0 Å². The second-order valence-corrected chi connectivity index (χ2v) is 13.8. The zero-order valence-corrected chi connectivity index (χ0v) is 27.0. The van der Waals surface area contributed by atoms with Gasteiger partial charge in [-0.15, -0.1) is 0 Å². The van der Waals surface area contributed by atoms with Gasteiger partial charge in [0.05, 0.1) is 0 Å². The highest BCUT2D eigenvalue weighted by molar-refractivity contribution is 4.93. The van der Waals surface area contributed by atoms with E-state index in [4.69, 9.17) is 0 Å². The summed E-state index contributed by atoms with van der Waals surface area (Å²) in [5, 5.41) is 4.21. The third kappa shape index (κ3) is 14.5. The van der Waals surface area contributed by atoms with Gasteiger partial charge in [0.1, 0.15) is 0 Å². The van der Waals surface area contributed by atoms with Crippen LogP contribution in [-0.2, 0) is 0 Å². The van der Waals surface area contributed by atoms with E-state index in [0.717, 1.165) is 18.0 Å². The monoisotopic (exact) mass is 533 g/mol. The number of hydrogen-bond acceptors (Lipinski definition) is 2. The van der Waals surface area contributed by atoms with Gasteiger partial charge in [-0.05, 0) is 88.6 Å². The van der Waals surface area contributed by atoms with Crippen molar-refractivity contribution in [3.8, 4) is 0 Å². The molecule has 0 amide bonds. The lowest BCUT2D eigenvalue weighted by Gasteiger charge is -2.47. The van der Waals surface area contributed by atoms with E-state index < -0.39 is 0 Å². The van der Waals surface area contributed by atoms with Gasteiger partial charge in [0.15, 0.2) is 0 Å². The van der Waals surface area contributed by atoms with Crippen molar-refractivity contribution < 1.29 is 0 Å². The minimum atomic E-state index is 0.686. The zero-order chi connectivity index (χ0) is 27.3. The van der Waals surface area contributed by atoms with Crippen LogP contribution in [0.15, 0.2) is 0 Å². The molecule has 0 aromatic heterocycles. The summed E-state index contributed by atoms with van der Waals surface area (Å²) in [6, 6.07) is 1.58. The van der Waals surface area contributed by atoms with Gasteiger partial charge in [0.2, 0.25) is 0 Å². The standard InChI is InChI=1S/C36H72N2/c1-5-9-13-15-19-23-34(22-17-12-8-4)37-35-24-26-36(27-25-35)28-30-38(31-29-36)32-33(20-16-11-7-3)21-18-14-10-6-2/h33-35,37H,5-32H2,1-4H3. The zero-order valence-electron chi connectivity index (χ0n) is 27.0. The van der Waals surface area contributed by atoms with Gasteiger partial charge in [-0.3, -0.25) is 0 Å². The van der Waals surface area contributed by atoms with Crippen molar-refractivity contribution in [3.63, 3.8) is 0 Å². The van der Waals surface area contributed by atoms with Crippen molar-refractivity contribution >= 4 is 0 Å². The molecule has 1 saturated heterocycles. The van der Waals surface area contributed by atoms with Crippen LogP contribution in [0.4, 0.5) is 0 Å². The SMILES string of the molecule is CCCCCCCC(CCCCC)NC1CCC2(CC1)CCN(CC(CCCCC)CCCCCC)CC2. The van der Waals surface area contributed by atoms with Crippen molar-refractivity contribution in [2.24, 2.45) is 11.3 Å². The summed E-state index contributed by atoms with van der Waals surface area (Å²) in [5.74, 6) is 0.957. The summed E-state index contributed by atoms with van der Waals surface area (Å²) < 4.78 is 0. The second-order valence-electron chi connectivity index (χ2n) is 13.8. The topological polar surface area (TPSA) is 15.3 Å². The molecule has 1 aliphatic carbocycles. The first-order chi connectivity index (χ1) is 18.6. The average Bonchev–Trinajstić information content (AvgIpc) is 2.93. The Hall–Kier alpha value is -0.0800. The van der Waals surface area contributed by atoms with Crippen molar-refractivity contribution in [2.75, 3.05) is 19.6 Å². The molecule has 226 valence electrons. The first-order valence-electron chi connectivity index (χ1n) is 18.1. The molecule has 0 aromatic rings. The maximum atomic E-state index is 4.21. The van der Waals surface area contributed by atoms with Gasteiger partial charge in [-0.25, -0.2) is 0 Å². The van der Waals surface area contributed by atoms with Crippen LogP contribution in [0.3, 0.4) is 0 Å². The van der Waals surface area contributed by atoms with Gasteiger partial charge in [0, 0.05) is 18.6 Å². The van der Waals surface area contributed by atoms with Crippen molar-refractivity contribution in [1.82, 2.24) is 10.2 Å². The summed E-state index contributed by atoms with van der Waals surface area (Å²) in [6.07, 6.45) is 35.9. The number of hydrogen-bond donors (Lipinski definition) is 1. The number of nitrogens with one attached hydrogen (secondary N) is 1. The first kappa shape index (κ1) is 34.1. The molecule has 2 fully saturated rings. The molecule has 2 aliphatic rings. The van der Waals surface area contributed by atoms with Gasteiger partial charge >= 0.3 is 0 Å². The first-order valence-corrected chi connectivity index (χ1v) is 18.1. The lowest BCUT2D eigenvalue weighted by Crippen LogP contribution is -2.47. The highest BCUT2D eigenvalue weighted by Gasteiger charge is 2.38. The van der Waals surface area contributed by atoms with Crippen LogP contribution in [0.5, 0.6) is 0 Å². The van der Waals surface area contributed by atoms with Gasteiger partial charge in [0.25, 0.3) is 0 Å². The molecule has 2 nitrogen and oxygen atoms in total. The molecule has 1 spiro atoms. The fourth-order valence-electron chi connectivity index (χ4n) is 7.62. The quantitative estimate of drug-likeness (QED) is 0.132. The molecule has 2 atom stereocenters. The second kappa shape index (κ2) is 21.6. The van der Waals surface area contributed by atoms with Crippen molar-refractivity contribution in [3.05, 3.63) is 0 Å². The highest BCUT2D eigenvalue weighted by Crippen LogP contribution is 2.45. The van der Waals surface area contributed by atoms with Crippen LogP contribution in [-0.4, -0.2) is 36.6 Å². The molecule has 0 aromatic carbocycles. The predicted octanol–water partition coefficient (Wildman–Crippen LogP) is 11.1. The Bertz CT molecular complexity index is 513. The Morgan fingerprint density at radius 3 is 1.61 bits per heavy atom. The molecule has 38 heavy (non-hydrogen) atoms. The molecule has 2 heteroatoms. The van der Waals surface area contributed by atoms with Crippen molar-refractivity contribution in [2.45, 2.75) is 200 Å². The lowest BCUT2D eigenvalue weighted by molar-refractivity contribution is 0.0479. The number of nitrogens with zero attached hydrogens (tertiary/aromatic N) is 1. The fourth-order valence-corrected chi connectivity index (χ4v) is 7.62. The van der Waals surface area contributed by atoms with E-state index in [2.05, 4.69) is 37.9 Å². The van der Waals surface area contributed by atoms with Crippen molar-refractivity contribution in [1.29, 1.82) is 0 Å². The maximum absolute atomic E-state index is 4.21. The summed E-state index contributed by atoms with van der Waals surface area (Å²) in [7, 11) is 0. The molecule has 1 heterocycles. The fraction of sp³-hybridized carbons (Fsp3) is 1.00. The predicted molar refractivity (Wildman–Crippen MR) is 171 cm³/mol. The van der Waals surface area contributed by atoms with E-state index in [-0.39, 0.29) is 0 Å². The summed E-state index contributed by atoms with van der Waals surface area (Å²) in [4.78, 5) is 2.88. The van der Waals surface area contributed by atoms with Gasteiger partial charge in [-0.1, -0.05) is 124 Å². The Morgan fingerprint density at radius 2 is 1.03 bits per heavy atom. The van der Waals surface area contributed by atoms with Crippen LogP contribution < -0.4 is 5.32 Å². The molecule has 2 unspecified atom stereocenters. The Kier molecular flexibility index (Phi) is 19.4. The van der Waals surface area contributed by atoms with E-state index in [1.165, 1.54) is 180 Å². The molecule has 0 radical (unpaired) electrons. The average molecular weight is 533 g/mol. The molecule has 1 N–H and O–H groups in total. The highest BCUT2D eigenvalue weighted by atomic mass is 15.1. The Balaban J connectivity index is 1.72. The normalized spacial score (nSPS) is 20.2. The van der Waals surface area contributed by atoms with Gasteiger partial charge in [-0.2, -0.15) is 0 Å². The Morgan fingerprint density at radius 1 is 0.579 bits per heavy atom. The Labute approximate surface area is 241 Å². The minimum absolute atomic E-state index is 0.686. The van der Waals surface area contributed by atoms with Gasteiger partial charge < -0.3 is 10.2 Å². The molecule has 1 saturated carbocycles. The van der Waals surface area contributed by atoms with E-state index in [0.29, 0.717) is 5.41 Å². The van der Waals surface area contributed by atoms with Crippen LogP contribution >= 0.6 is 0 Å². The summed E-state index contributed by atoms with van der Waals surface area (Å²) in [5.41, 5.74) is 0.686. The number of likely N-dealkylation sites (tertiary alicyclic amines) is 1. The van der Waals surface area contributed by atoms with Crippen LogP contribution in [0.25, 0.3) is 0 Å². The third-order valence-corrected chi connectivity index (χ3v) is 10.4. The largest absolute Gasteiger partial charge is 0.311 e. The van der Waals surface area contributed by atoms with E-state index >= 15 is 0 Å². The molecular weight excluding hydrogens is 460 g/mol. The number of unbranched alkanes of at least 4 members (excludes halogenated alkanes) is 11. The molecule has 1 aliphatic heterocycles. The smallest absolute Gasteiger partial charge is 0.00700 e. The number of rotatable bonds is 23. The summed E-state index contributed by atoms with van der Waals surface area (Å²) in [6.45, 7) is 13.5. The number of piperidine rings is 1. The maximum Gasteiger partial charge on any atom is 0.00700 e. The van der Waals surface area contributed by atoms with Crippen LogP contribution in [0.1, 0.15) is 188 Å². The van der Waals surface area contributed by atoms with Crippen LogP contribution in [0, 0.1) is 11.3 Å². The van der Waals surface area contributed by atoms with E-state index in [1.54, 1.807) is 0 Å². The van der Waals surface area contributed by atoms with Crippen LogP contribution in [0.2, 0.25) is 0 Å².